The van der Waals surface area contributed by atoms with Crippen molar-refractivity contribution in [3.05, 3.63) is 24.3 Å². The van der Waals surface area contributed by atoms with Gasteiger partial charge in [-0.15, -0.1) is 0 Å². The minimum absolute atomic E-state index is 0.00656. The quantitative estimate of drug-likeness (QED) is 0.774. The van der Waals surface area contributed by atoms with Crippen LogP contribution in [-0.4, -0.2) is 41.9 Å². The summed E-state index contributed by atoms with van der Waals surface area (Å²) in [6.45, 7) is 1.35. The monoisotopic (exact) mass is 255 g/mol. The summed E-state index contributed by atoms with van der Waals surface area (Å²) in [5.41, 5.74) is 0.797. The molecule has 0 saturated carbocycles. The number of phenols is 1. The second kappa shape index (κ2) is 4.50. The molecule has 0 spiro atoms. The predicted octanol–water partition coefficient (Wildman–Crippen LogP) is 1.57. The number of urea groups is 1. The van der Waals surface area contributed by atoms with Crippen molar-refractivity contribution in [1.29, 1.82) is 5.26 Å². The van der Waals surface area contributed by atoms with Crippen molar-refractivity contribution in [2.75, 3.05) is 18.0 Å². The highest BCUT2D eigenvalue weighted by Gasteiger charge is 2.42. The molecular formula is C13H14BN3O2. The lowest BCUT2D eigenvalue weighted by Gasteiger charge is -2.28. The summed E-state index contributed by atoms with van der Waals surface area (Å²) in [4.78, 5) is 15.9. The maximum atomic E-state index is 12.3. The molecule has 5 nitrogen and oxygen atoms in total. The van der Waals surface area contributed by atoms with E-state index in [-0.39, 0.29) is 24.5 Å². The normalized spacial score (nSPS) is 22.4. The van der Waals surface area contributed by atoms with Crippen LogP contribution in [0.3, 0.4) is 0 Å². The third-order valence-corrected chi connectivity index (χ3v) is 3.93. The van der Waals surface area contributed by atoms with Gasteiger partial charge in [0.15, 0.2) is 0 Å². The Bertz CT molecular complexity index is 540. The molecule has 6 heteroatoms. The average molecular weight is 255 g/mol. The van der Waals surface area contributed by atoms with Gasteiger partial charge in [0.25, 0.3) is 6.71 Å². The summed E-state index contributed by atoms with van der Waals surface area (Å²) in [6, 6.07) is 6.79. The van der Waals surface area contributed by atoms with E-state index in [0.717, 1.165) is 18.3 Å². The Morgan fingerprint density at radius 1 is 1.37 bits per heavy atom. The zero-order valence-corrected chi connectivity index (χ0v) is 10.5. The van der Waals surface area contributed by atoms with Crippen LogP contribution in [-0.2, 0) is 0 Å². The lowest BCUT2D eigenvalue weighted by molar-refractivity contribution is 0.209. The van der Waals surface area contributed by atoms with Crippen molar-refractivity contribution in [2.24, 2.45) is 0 Å². The number of hydrogen-bond acceptors (Lipinski definition) is 3. The third kappa shape index (κ3) is 2.01. The summed E-state index contributed by atoms with van der Waals surface area (Å²) in [7, 11) is 0. The number of phenolic OH excluding ortho intramolecular Hbond substituents is 1. The van der Waals surface area contributed by atoms with E-state index in [4.69, 9.17) is 5.26 Å². The molecule has 2 heterocycles. The molecule has 1 unspecified atom stereocenters. The molecule has 1 atom stereocenters. The van der Waals surface area contributed by atoms with Crippen LogP contribution in [0.2, 0.25) is 12.6 Å². The van der Waals surface area contributed by atoms with Crippen LogP contribution in [0, 0.1) is 11.2 Å². The third-order valence-electron chi connectivity index (χ3n) is 3.93. The minimum Gasteiger partial charge on any atom is -0.508 e. The van der Waals surface area contributed by atoms with Gasteiger partial charge in [0.05, 0.1) is 0 Å². The zero-order valence-electron chi connectivity index (χ0n) is 10.5. The van der Waals surface area contributed by atoms with Crippen molar-refractivity contribution in [1.82, 2.24) is 4.90 Å². The molecule has 2 amide bonds. The summed E-state index contributed by atoms with van der Waals surface area (Å²) >= 11 is 0. The SMILES string of the molecule is N#CB1CCN2C(=O)N(c3ccc(O)cc3)CC2C1. The van der Waals surface area contributed by atoms with Gasteiger partial charge < -0.3 is 10.0 Å². The molecular weight excluding hydrogens is 241 g/mol. The van der Waals surface area contributed by atoms with Gasteiger partial charge in [0.2, 0.25) is 0 Å². The van der Waals surface area contributed by atoms with E-state index in [0.29, 0.717) is 13.1 Å². The zero-order chi connectivity index (χ0) is 13.4. The standard InChI is InChI=1S/C13H14BN3O2/c15-9-14-5-6-16-11(7-14)8-17(13(16)19)10-1-3-12(18)4-2-10/h1-4,11,18H,5-8H2. The Morgan fingerprint density at radius 2 is 2.11 bits per heavy atom. The Kier molecular flexibility index (Phi) is 2.82. The fraction of sp³-hybridized carbons (Fsp3) is 0.385. The van der Waals surface area contributed by atoms with Crippen molar-refractivity contribution in [3.8, 4) is 11.7 Å². The molecule has 1 aromatic rings. The van der Waals surface area contributed by atoms with Crippen molar-refractivity contribution < 1.29 is 9.90 Å². The fourth-order valence-corrected chi connectivity index (χ4v) is 2.89. The lowest BCUT2D eigenvalue weighted by atomic mass is 9.44. The minimum atomic E-state index is 0.00656. The smallest absolute Gasteiger partial charge is 0.324 e. The summed E-state index contributed by atoms with van der Waals surface area (Å²) < 4.78 is 0. The predicted molar refractivity (Wildman–Crippen MR) is 72.3 cm³/mol. The van der Waals surface area contributed by atoms with Crippen LogP contribution < -0.4 is 4.90 Å². The Hall–Kier alpha value is -2.16. The number of nitrogens with zero attached hydrogens (tertiary/aromatic N) is 3. The molecule has 19 heavy (non-hydrogen) atoms. The highest BCUT2D eigenvalue weighted by molar-refractivity contribution is 6.67. The number of amides is 2. The first-order chi connectivity index (χ1) is 9.19. The van der Waals surface area contributed by atoms with E-state index in [1.165, 1.54) is 0 Å². The molecule has 2 aliphatic rings. The van der Waals surface area contributed by atoms with Gasteiger partial charge in [-0.2, -0.15) is 0 Å². The van der Waals surface area contributed by atoms with Crippen molar-refractivity contribution >= 4 is 18.4 Å². The first kappa shape index (κ1) is 11.9. The molecule has 2 aliphatic heterocycles. The number of rotatable bonds is 1. The lowest BCUT2D eigenvalue weighted by Crippen LogP contribution is -2.43. The summed E-state index contributed by atoms with van der Waals surface area (Å²) in [6.07, 6.45) is 1.53. The average Bonchev–Trinajstić information content (AvgIpc) is 2.76. The molecule has 1 N–H and O–H groups in total. The van der Waals surface area contributed by atoms with E-state index in [1.807, 2.05) is 4.90 Å². The van der Waals surface area contributed by atoms with Gasteiger partial charge in [-0.3, -0.25) is 4.90 Å². The maximum absolute atomic E-state index is 12.3. The van der Waals surface area contributed by atoms with Crippen LogP contribution in [0.4, 0.5) is 10.5 Å². The second-order valence-corrected chi connectivity index (χ2v) is 5.11. The van der Waals surface area contributed by atoms with Gasteiger partial charge in [-0.05, 0) is 36.9 Å². The van der Waals surface area contributed by atoms with E-state index < -0.39 is 0 Å². The fourth-order valence-electron chi connectivity index (χ4n) is 2.89. The van der Waals surface area contributed by atoms with E-state index >= 15 is 0 Å². The molecule has 1 aromatic carbocycles. The number of benzene rings is 1. The van der Waals surface area contributed by atoms with Crippen LogP contribution in [0.5, 0.6) is 5.75 Å². The van der Waals surface area contributed by atoms with E-state index in [2.05, 4.69) is 5.97 Å². The Labute approximate surface area is 112 Å². The van der Waals surface area contributed by atoms with E-state index in [1.54, 1.807) is 29.2 Å². The van der Waals surface area contributed by atoms with Crippen LogP contribution >= 0.6 is 0 Å². The number of fused-ring (bicyclic) bond motifs is 1. The van der Waals surface area contributed by atoms with Gasteiger partial charge >= 0.3 is 6.03 Å². The second-order valence-electron chi connectivity index (χ2n) is 5.11. The molecule has 3 rings (SSSR count). The Balaban J connectivity index is 1.81. The largest absolute Gasteiger partial charge is 0.508 e. The van der Waals surface area contributed by atoms with Gasteiger partial charge in [-0.25, -0.2) is 10.1 Å². The number of aromatic hydroxyl groups is 1. The summed E-state index contributed by atoms with van der Waals surface area (Å²) in [5.74, 6) is 2.50. The van der Waals surface area contributed by atoms with Crippen LogP contribution in [0.15, 0.2) is 24.3 Å². The molecule has 0 radical (unpaired) electrons. The molecule has 0 aromatic heterocycles. The van der Waals surface area contributed by atoms with Gasteiger partial charge in [0, 0.05) is 30.8 Å². The van der Waals surface area contributed by atoms with Crippen molar-refractivity contribution in [3.63, 3.8) is 0 Å². The van der Waals surface area contributed by atoms with Crippen LogP contribution in [0.1, 0.15) is 0 Å². The number of carbonyl (C=O) groups is 1. The topological polar surface area (TPSA) is 67.6 Å². The van der Waals surface area contributed by atoms with E-state index in [9.17, 15) is 9.90 Å². The number of carbonyl (C=O) groups excluding carboxylic acids is 1. The number of nitriles is 1. The molecule has 0 aliphatic carbocycles. The summed E-state index contributed by atoms with van der Waals surface area (Å²) in [5, 5.41) is 18.3. The number of hydrogen-bond donors (Lipinski definition) is 1. The molecule has 2 saturated heterocycles. The first-order valence-electron chi connectivity index (χ1n) is 6.46. The highest BCUT2D eigenvalue weighted by Crippen LogP contribution is 2.30. The molecule has 2 fully saturated rings. The van der Waals surface area contributed by atoms with Gasteiger partial charge in [0.1, 0.15) is 5.75 Å². The van der Waals surface area contributed by atoms with Gasteiger partial charge in [-0.1, -0.05) is 0 Å². The highest BCUT2D eigenvalue weighted by atomic mass is 16.3. The number of anilines is 1. The molecule has 0 bridgehead atoms. The first-order valence-corrected chi connectivity index (χ1v) is 6.46. The molecule has 96 valence electrons. The maximum Gasteiger partial charge on any atom is 0.324 e. The van der Waals surface area contributed by atoms with Crippen molar-refractivity contribution in [2.45, 2.75) is 18.7 Å². The van der Waals surface area contributed by atoms with Crippen LogP contribution in [0.25, 0.3) is 0 Å². The Morgan fingerprint density at radius 3 is 2.79 bits per heavy atom.